The maximum absolute atomic E-state index is 12.8. The molecular weight excluding hydrogens is 330 g/mol. The predicted octanol–water partition coefficient (Wildman–Crippen LogP) is 3.73. The zero-order chi connectivity index (χ0) is 18.1. The lowest BCUT2D eigenvalue weighted by Gasteiger charge is -2.28. The van der Waals surface area contributed by atoms with Crippen molar-refractivity contribution < 1.29 is 14.1 Å². The van der Waals surface area contributed by atoms with Gasteiger partial charge in [0, 0.05) is 18.2 Å². The molecule has 0 spiro atoms. The van der Waals surface area contributed by atoms with Gasteiger partial charge in [0.1, 0.15) is 0 Å². The molecule has 0 radical (unpaired) electrons. The first kappa shape index (κ1) is 17.5. The van der Waals surface area contributed by atoms with Crippen LogP contribution in [0.15, 0.2) is 10.6 Å². The molecule has 2 saturated carbocycles. The Labute approximate surface area is 153 Å². The molecule has 0 saturated heterocycles. The van der Waals surface area contributed by atoms with Crippen molar-refractivity contribution in [1.82, 2.24) is 15.5 Å². The van der Waals surface area contributed by atoms with Gasteiger partial charge in [0.05, 0.1) is 29.4 Å². The van der Waals surface area contributed by atoms with E-state index in [1.165, 1.54) is 19.3 Å². The van der Waals surface area contributed by atoms with Gasteiger partial charge in [-0.2, -0.15) is 0 Å². The fraction of sp³-hybridized carbons (Fsp3) is 0.650. The summed E-state index contributed by atoms with van der Waals surface area (Å²) in [5.74, 6) is 0.957. The number of amides is 1. The smallest absolute Gasteiger partial charge is 0.259 e. The number of aromatic nitrogens is 2. The number of aryl methyl sites for hydroxylation is 1. The van der Waals surface area contributed by atoms with Crippen LogP contribution in [0.25, 0.3) is 11.1 Å². The van der Waals surface area contributed by atoms with E-state index in [1.54, 1.807) is 0 Å². The summed E-state index contributed by atoms with van der Waals surface area (Å²) < 4.78 is 11.3. The molecule has 6 nitrogen and oxygen atoms in total. The average molecular weight is 357 g/mol. The Bertz CT molecular complexity index is 797. The molecule has 2 heterocycles. The van der Waals surface area contributed by atoms with Gasteiger partial charge in [0.25, 0.3) is 11.6 Å². The van der Waals surface area contributed by atoms with E-state index < -0.39 is 0 Å². The Morgan fingerprint density at radius 1 is 1.31 bits per heavy atom. The van der Waals surface area contributed by atoms with E-state index in [2.05, 4.69) is 22.4 Å². The van der Waals surface area contributed by atoms with Crippen LogP contribution in [0.3, 0.4) is 0 Å². The van der Waals surface area contributed by atoms with E-state index >= 15 is 0 Å². The third-order valence-electron chi connectivity index (χ3n) is 5.63. The second-order valence-electron chi connectivity index (χ2n) is 7.74. The highest BCUT2D eigenvalue weighted by atomic mass is 16.5. The number of nitrogens with one attached hydrogen (secondary N) is 1. The van der Waals surface area contributed by atoms with Crippen LogP contribution in [-0.4, -0.2) is 35.3 Å². The van der Waals surface area contributed by atoms with Crippen LogP contribution in [-0.2, 0) is 4.74 Å². The average Bonchev–Trinajstić information content (AvgIpc) is 3.43. The van der Waals surface area contributed by atoms with Gasteiger partial charge < -0.3 is 14.6 Å². The third-order valence-corrected chi connectivity index (χ3v) is 5.63. The van der Waals surface area contributed by atoms with Crippen LogP contribution >= 0.6 is 0 Å². The molecular formula is C20H27N3O3. The summed E-state index contributed by atoms with van der Waals surface area (Å²) in [6.45, 7) is 5.15. The molecule has 0 unspecified atom stereocenters. The first-order valence-corrected chi connectivity index (χ1v) is 9.80. The van der Waals surface area contributed by atoms with Crippen LogP contribution in [0.1, 0.15) is 73.1 Å². The summed E-state index contributed by atoms with van der Waals surface area (Å²) in [4.78, 5) is 17.3. The summed E-state index contributed by atoms with van der Waals surface area (Å²) in [5, 5.41) is 7.69. The first-order valence-electron chi connectivity index (χ1n) is 9.80. The van der Waals surface area contributed by atoms with Crippen molar-refractivity contribution in [2.75, 3.05) is 13.2 Å². The molecule has 0 bridgehead atoms. The Hall–Kier alpha value is -1.95. The monoisotopic (exact) mass is 357 g/mol. The van der Waals surface area contributed by atoms with Crippen LogP contribution < -0.4 is 5.32 Å². The topological polar surface area (TPSA) is 77.2 Å². The van der Waals surface area contributed by atoms with Crippen molar-refractivity contribution in [2.24, 2.45) is 5.92 Å². The van der Waals surface area contributed by atoms with Crippen molar-refractivity contribution in [1.29, 1.82) is 0 Å². The molecule has 4 rings (SSSR count). The fourth-order valence-electron chi connectivity index (χ4n) is 3.88. The zero-order valence-corrected chi connectivity index (χ0v) is 15.6. The lowest BCUT2D eigenvalue weighted by molar-refractivity contribution is -0.00293. The van der Waals surface area contributed by atoms with Gasteiger partial charge in [-0.05, 0) is 44.6 Å². The first-order chi connectivity index (χ1) is 12.6. The quantitative estimate of drug-likeness (QED) is 0.797. The lowest BCUT2D eigenvalue weighted by atomic mass is 9.88. The molecule has 2 aliphatic carbocycles. The van der Waals surface area contributed by atoms with E-state index in [0.29, 0.717) is 53.4 Å². The van der Waals surface area contributed by atoms with E-state index in [4.69, 9.17) is 9.26 Å². The summed E-state index contributed by atoms with van der Waals surface area (Å²) in [7, 11) is 0. The number of rotatable bonds is 6. The van der Waals surface area contributed by atoms with Crippen molar-refractivity contribution in [3.05, 3.63) is 23.0 Å². The maximum atomic E-state index is 12.8. The van der Waals surface area contributed by atoms with Gasteiger partial charge in [-0.15, -0.1) is 0 Å². The highest BCUT2D eigenvalue weighted by Crippen LogP contribution is 2.40. The van der Waals surface area contributed by atoms with E-state index in [0.717, 1.165) is 25.0 Å². The van der Waals surface area contributed by atoms with Crippen LogP contribution in [0.4, 0.5) is 0 Å². The zero-order valence-electron chi connectivity index (χ0n) is 15.6. The maximum Gasteiger partial charge on any atom is 0.259 e. The minimum absolute atomic E-state index is 0.106. The molecule has 0 aliphatic heterocycles. The lowest BCUT2D eigenvalue weighted by Crippen LogP contribution is -2.32. The van der Waals surface area contributed by atoms with Gasteiger partial charge >= 0.3 is 0 Å². The van der Waals surface area contributed by atoms with Crippen LogP contribution in [0.2, 0.25) is 0 Å². The number of hydrogen-bond acceptors (Lipinski definition) is 5. The molecule has 1 N–H and O–H groups in total. The molecule has 0 aromatic carbocycles. The number of carbonyl (C=O) groups is 1. The van der Waals surface area contributed by atoms with Gasteiger partial charge in [0.15, 0.2) is 0 Å². The number of nitrogens with zero attached hydrogens (tertiary/aromatic N) is 2. The van der Waals surface area contributed by atoms with Crippen molar-refractivity contribution in [3.63, 3.8) is 0 Å². The Morgan fingerprint density at radius 2 is 2.12 bits per heavy atom. The van der Waals surface area contributed by atoms with E-state index in [9.17, 15) is 4.79 Å². The SMILES string of the molecule is Cc1noc2nc(C3CC3)cc(C(=O)NCCO[C@@H]3CCCC[C@H]3C)c12. The minimum atomic E-state index is -0.106. The summed E-state index contributed by atoms with van der Waals surface area (Å²) >= 11 is 0. The van der Waals surface area contributed by atoms with Gasteiger partial charge in [-0.3, -0.25) is 4.79 Å². The van der Waals surface area contributed by atoms with Crippen LogP contribution in [0.5, 0.6) is 0 Å². The predicted molar refractivity (Wildman–Crippen MR) is 98.2 cm³/mol. The van der Waals surface area contributed by atoms with Crippen molar-refractivity contribution >= 4 is 17.0 Å². The Morgan fingerprint density at radius 3 is 2.88 bits per heavy atom. The number of pyridine rings is 1. The second-order valence-corrected chi connectivity index (χ2v) is 7.74. The largest absolute Gasteiger partial charge is 0.376 e. The molecule has 2 aromatic rings. The molecule has 2 atom stereocenters. The number of fused-ring (bicyclic) bond motifs is 1. The van der Waals surface area contributed by atoms with Gasteiger partial charge in [-0.1, -0.05) is 24.9 Å². The minimum Gasteiger partial charge on any atom is -0.376 e. The fourth-order valence-corrected chi connectivity index (χ4v) is 3.88. The highest BCUT2D eigenvalue weighted by Gasteiger charge is 2.28. The second kappa shape index (κ2) is 7.35. The number of carbonyl (C=O) groups excluding carboxylic acids is 1. The summed E-state index contributed by atoms with van der Waals surface area (Å²) in [6, 6.07) is 1.91. The molecule has 26 heavy (non-hydrogen) atoms. The summed E-state index contributed by atoms with van der Waals surface area (Å²) in [6.07, 6.45) is 7.49. The van der Waals surface area contributed by atoms with Gasteiger partial charge in [0.2, 0.25) is 0 Å². The highest BCUT2D eigenvalue weighted by molar-refractivity contribution is 6.06. The van der Waals surface area contributed by atoms with Crippen LogP contribution in [0, 0.1) is 12.8 Å². The molecule has 140 valence electrons. The third kappa shape index (κ3) is 3.61. The van der Waals surface area contributed by atoms with Gasteiger partial charge in [-0.25, -0.2) is 4.98 Å². The molecule has 2 aliphatic rings. The number of ether oxygens (including phenoxy) is 1. The molecule has 2 aromatic heterocycles. The number of hydrogen-bond donors (Lipinski definition) is 1. The molecule has 6 heteroatoms. The van der Waals surface area contributed by atoms with E-state index in [-0.39, 0.29) is 5.91 Å². The Balaban J connectivity index is 1.40. The molecule has 2 fully saturated rings. The normalized spacial score (nSPS) is 23.3. The van der Waals surface area contributed by atoms with Crippen molar-refractivity contribution in [3.8, 4) is 0 Å². The standard InChI is InChI=1S/C20H27N3O3/c1-12-5-3-4-6-17(12)25-10-9-21-19(24)15-11-16(14-7-8-14)22-20-18(15)13(2)23-26-20/h11-12,14,17H,3-10H2,1-2H3,(H,21,24)/t12-,17-/m1/s1. The Kier molecular flexibility index (Phi) is 4.94. The molecule has 1 amide bonds. The summed E-state index contributed by atoms with van der Waals surface area (Å²) in [5.41, 5.74) is 2.71. The van der Waals surface area contributed by atoms with E-state index in [1.807, 2.05) is 13.0 Å². The van der Waals surface area contributed by atoms with Crippen molar-refractivity contribution in [2.45, 2.75) is 64.4 Å².